The third-order valence-electron chi connectivity index (χ3n) is 4.11. The van der Waals surface area contributed by atoms with Crippen LogP contribution in [0.5, 0.6) is 0 Å². The minimum Gasteiger partial charge on any atom is -0.206 e. The lowest BCUT2D eigenvalue weighted by Gasteiger charge is -2.05. The maximum atomic E-state index is 12.1. The van der Waals surface area contributed by atoms with Crippen molar-refractivity contribution in [2.75, 3.05) is 0 Å². The van der Waals surface area contributed by atoms with Crippen molar-refractivity contribution >= 4 is 37.3 Å². The van der Waals surface area contributed by atoms with Crippen LogP contribution in [0, 0.1) is 10.8 Å². The molecule has 2 rings (SSSR count). The van der Waals surface area contributed by atoms with Crippen LogP contribution in [0.15, 0.2) is 20.1 Å². The van der Waals surface area contributed by atoms with E-state index in [2.05, 4.69) is 48.3 Å². The lowest BCUT2D eigenvalue weighted by Crippen LogP contribution is -2.29. The fourth-order valence-electron chi connectivity index (χ4n) is 2.15. The molecule has 1 fully saturated rings. The van der Waals surface area contributed by atoms with Gasteiger partial charge >= 0.3 is 0 Å². The molecular weight excluding hydrogens is 322 g/mol. The Morgan fingerprint density at radius 1 is 1.24 bits per heavy atom. The summed E-state index contributed by atoms with van der Waals surface area (Å²) in [6, 6.07) is 3.38. The third-order valence-corrected chi connectivity index (χ3v) is 7.65. The largest absolute Gasteiger partial charge is 0.250 e. The molecule has 1 heterocycles. The average molecular weight is 338 g/mol. The quantitative estimate of drug-likeness (QED) is 0.920. The summed E-state index contributed by atoms with van der Waals surface area (Å²) in [6.07, 6.45) is 0. The van der Waals surface area contributed by atoms with Crippen molar-refractivity contribution in [1.82, 2.24) is 4.72 Å². The van der Waals surface area contributed by atoms with E-state index < -0.39 is 10.0 Å². The highest BCUT2D eigenvalue weighted by atomic mass is 79.9. The van der Waals surface area contributed by atoms with Gasteiger partial charge in [0, 0.05) is 6.04 Å². The van der Waals surface area contributed by atoms with Gasteiger partial charge in [-0.2, -0.15) is 0 Å². The SMILES string of the molecule is CC1(C)C(NS(=O)(=O)c2ccc(Br)s2)C1(C)C. The van der Waals surface area contributed by atoms with E-state index in [0.29, 0.717) is 4.21 Å². The van der Waals surface area contributed by atoms with Crippen molar-refractivity contribution < 1.29 is 8.42 Å². The smallest absolute Gasteiger partial charge is 0.206 e. The maximum absolute atomic E-state index is 12.1. The van der Waals surface area contributed by atoms with E-state index in [1.807, 2.05) is 0 Å². The first kappa shape index (κ1) is 13.5. The number of hydrogen-bond acceptors (Lipinski definition) is 3. The van der Waals surface area contributed by atoms with Crippen molar-refractivity contribution in [2.24, 2.45) is 10.8 Å². The van der Waals surface area contributed by atoms with Gasteiger partial charge in [-0.3, -0.25) is 0 Å². The van der Waals surface area contributed by atoms with Gasteiger partial charge in [-0.25, -0.2) is 13.1 Å². The van der Waals surface area contributed by atoms with Crippen molar-refractivity contribution in [3.63, 3.8) is 0 Å². The highest BCUT2D eigenvalue weighted by Crippen LogP contribution is 2.63. The Hall–Kier alpha value is 0.0900. The minimum absolute atomic E-state index is 0.000811. The molecule has 1 saturated carbocycles. The normalized spacial score (nSPS) is 22.6. The van der Waals surface area contributed by atoms with Crippen LogP contribution >= 0.6 is 27.3 Å². The first-order chi connectivity index (χ1) is 7.59. The molecule has 1 N–H and O–H groups in total. The highest BCUT2D eigenvalue weighted by Gasteiger charge is 2.66. The fraction of sp³-hybridized carbons (Fsp3) is 0.636. The van der Waals surface area contributed by atoms with Gasteiger partial charge in [-0.05, 0) is 38.9 Å². The Kier molecular flexibility index (Phi) is 3.01. The molecule has 0 saturated heterocycles. The standard InChI is InChI=1S/C11H16BrNO2S2/c1-10(2)9(11(10,3)4)13-17(14,15)8-6-5-7(12)16-8/h5-6,9,13H,1-4H3. The van der Waals surface area contributed by atoms with E-state index in [4.69, 9.17) is 0 Å². The second kappa shape index (κ2) is 3.79. The summed E-state index contributed by atoms with van der Waals surface area (Å²) >= 11 is 4.51. The van der Waals surface area contributed by atoms with Gasteiger partial charge in [-0.1, -0.05) is 27.7 Å². The van der Waals surface area contributed by atoms with Crippen LogP contribution in [0.3, 0.4) is 0 Å². The second-order valence-corrected chi connectivity index (χ2v) is 9.96. The van der Waals surface area contributed by atoms with Crippen LogP contribution in [-0.2, 0) is 10.0 Å². The molecular formula is C11H16BrNO2S2. The Bertz CT molecular complexity index is 532. The van der Waals surface area contributed by atoms with Crippen LogP contribution in [0.1, 0.15) is 27.7 Å². The zero-order valence-corrected chi connectivity index (χ0v) is 13.5. The Labute approximate surface area is 115 Å². The van der Waals surface area contributed by atoms with E-state index in [1.54, 1.807) is 12.1 Å². The predicted octanol–water partition coefficient (Wildman–Crippen LogP) is 3.22. The molecule has 1 aliphatic carbocycles. The minimum atomic E-state index is -3.38. The molecule has 3 nitrogen and oxygen atoms in total. The summed E-state index contributed by atoms with van der Waals surface area (Å²) in [5.74, 6) is 0. The predicted molar refractivity (Wildman–Crippen MR) is 73.7 cm³/mol. The molecule has 0 amide bonds. The van der Waals surface area contributed by atoms with E-state index in [1.165, 1.54) is 11.3 Å². The Morgan fingerprint density at radius 2 is 1.76 bits per heavy atom. The first-order valence-electron chi connectivity index (χ1n) is 5.37. The van der Waals surface area contributed by atoms with E-state index >= 15 is 0 Å². The molecule has 0 aromatic carbocycles. The lowest BCUT2D eigenvalue weighted by molar-refractivity contribution is 0.457. The number of rotatable bonds is 3. The molecule has 6 heteroatoms. The van der Waals surface area contributed by atoms with Gasteiger partial charge in [0.25, 0.3) is 0 Å². The van der Waals surface area contributed by atoms with Crippen molar-refractivity contribution in [3.8, 4) is 0 Å². The van der Waals surface area contributed by atoms with Crippen LogP contribution in [0.4, 0.5) is 0 Å². The van der Waals surface area contributed by atoms with Crippen LogP contribution in [0.25, 0.3) is 0 Å². The fourth-order valence-corrected chi connectivity index (χ4v) is 5.70. The molecule has 1 aliphatic rings. The molecule has 1 aromatic heterocycles. The van der Waals surface area contributed by atoms with Gasteiger partial charge in [0.1, 0.15) is 4.21 Å². The number of hydrogen-bond donors (Lipinski definition) is 1. The van der Waals surface area contributed by atoms with Crippen molar-refractivity contribution in [1.29, 1.82) is 0 Å². The van der Waals surface area contributed by atoms with Gasteiger partial charge in [-0.15, -0.1) is 11.3 Å². The van der Waals surface area contributed by atoms with E-state index in [9.17, 15) is 8.42 Å². The monoisotopic (exact) mass is 337 g/mol. The molecule has 17 heavy (non-hydrogen) atoms. The highest BCUT2D eigenvalue weighted by molar-refractivity contribution is 9.11. The molecule has 0 bridgehead atoms. The summed E-state index contributed by atoms with van der Waals surface area (Å²) in [5, 5.41) is 0. The molecule has 96 valence electrons. The van der Waals surface area contributed by atoms with Gasteiger partial charge in [0.05, 0.1) is 3.79 Å². The summed E-state index contributed by atoms with van der Waals surface area (Å²) < 4.78 is 28.3. The van der Waals surface area contributed by atoms with Gasteiger partial charge < -0.3 is 0 Å². The van der Waals surface area contributed by atoms with Crippen LogP contribution in [-0.4, -0.2) is 14.5 Å². The number of thiophene rings is 1. The van der Waals surface area contributed by atoms with E-state index in [0.717, 1.165) is 3.79 Å². The van der Waals surface area contributed by atoms with Crippen molar-refractivity contribution in [2.45, 2.75) is 37.9 Å². The van der Waals surface area contributed by atoms with Crippen LogP contribution in [0.2, 0.25) is 0 Å². The molecule has 0 radical (unpaired) electrons. The molecule has 1 aromatic rings. The Morgan fingerprint density at radius 3 is 2.12 bits per heavy atom. The average Bonchev–Trinajstić information content (AvgIpc) is 2.59. The summed E-state index contributed by atoms with van der Waals surface area (Å²) in [4.78, 5) is 0. The summed E-state index contributed by atoms with van der Waals surface area (Å²) in [5.41, 5.74) is 0.0170. The van der Waals surface area contributed by atoms with E-state index in [-0.39, 0.29) is 16.9 Å². The molecule has 0 atom stereocenters. The number of nitrogens with one attached hydrogen (secondary N) is 1. The number of halogens is 1. The lowest BCUT2D eigenvalue weighted by atomic mass is 10.0. The molecule has 0 unspecified atom stereocenters. The zero-order chi connectivity index (χ0) is 13.1. The molecule has 0 spiro atoms. The zero-order valence-electron chi connectivity index (χ0n) is 10.2. The first-order valence-corrected chi connectivity index (χ1v) is 8.46. The Balaban J connectivity index is 2.21. The second-order valence-electron chi connectivity index (χ2n) is 5.56. The summed E-state index contributed by atoms with van der Waals surface area (Å²) in [7, 11) is -3.38. The van der Waals surface area contributed by atoms with Gasteiger partial charge in [0.15, 0.2) is 0 Å². The topological polar surface area (TPSA) is 46.2 Å². The maximum Gasteiger partial charge on any atom is 0.250 e. The number of sulfonamides is 1. The van der Waals surface area contributed by atoms with Crippen LogP contribution < -0.4 is 4.72 Å². The van der Waals surface area contributed by atoms with Gasteiger partial charge in [0.2, 0.25) is 10.0 Å². The summed E-state index contributed by atoms with van der Waals surface area (Å²) in [6.45, 7) is 8.35. The van der Waals surface area contributed by atoms with Crippen molar-refractivity contribution in [3.05, 3.63) is 15.9 Å². The third kappa shape index (κ3) is 2.09. The molecule has 0 aliphatic heterocycles.